The minimum absolute atomic E-state index is 0.0481. The molecule has 1 rings (SSSR count). The van der Waals surface area contributed by atoms with Crippen LogP contribution in [0.15, 0.2) is 0 Å². The molecule has 9 nitrogen and oxygen atoms in total. The minimum atomic E-state index is -1.22. The summed E-state index contributed by atoms with van der Waals surface area (Å²) in [6.07, 6.45) is -1.13. The number of aliphatic hydroxyl groups is 1. The summed E-state index contributed by atoms with van der Waals surface area (Å²) in [5.74, 6) is -2.55. The van der Waals surface area contributed by atoms with Crippen LogP contribution in [0, 0.1) is 0 Å². The van der Waals surface area contributed by atoms with Crippen LogP contribution in [0.25, 0.3) is 0 Å². The molecule has 0 bridgehead atoms. The second-order valence-electron chi connectivity index (χ2n) is 5.05. The first-order chi connectivity index (χ1) is 10.3. The van der Waals surface area contributed by atoms with Crippen molar-refractivity contribution in [3.63, 3.8) is 0 Å². The van der Waals surface area contributed by atoms with Gasteiger partial charge in [-0.25, -0.2) is 0 Å². The van der Waals surface area contributed by atoms with E-state index in [1.165, 1.54) is 11.8 Å². The van der Waals surface area contributed by atoms with Crippen molar-refractivity contribution in [1.29, 1.82) is 0 Å². The fourth-order valence-electron chi connectivity index (χ4n) is 2.29. The minimum Gasteiger partial charge on any atom is -0.466 e. The molecule has 1 saturated heterocycles. The molecule has 0 saturated carbocycles. The van der Waals surface area contributed by atoms with E-state index in [0.717, 1.165) is 0 Å². The molecule has 0 aromatic rings. The molecule has 124 valence electrons. The van der Waals surface area contributed by atoms with Gasteiger partial charge in [-0.2, -0.15) is 0 Å². The number of primary amides is 1. The van der Waals surface area contributed by atoms with E-state index >= 15 is 0 Å². The molecular weight excluding hydrogens is 294 g/mol. The Balaban J connectivity index is 2.72. The fraction of sp³-hybridized carbons (Fsp3) is 0.692. The number of nitrogens with zero attached hydrogens (tertiary/aromatic N) is 1. The van der Waals surface area contributed by atoms with Crippen LogP contribution in [0.4, 0.5) is 0 Å². The van der Waals surface area contributed by atoms with Gasteiger partial charge >= 0.3 is 5.97 Å². The van der Waals surface area contributed by atoms with Gasteiger partial charge in [-0.05, 0) is 6.92 Å². The second kappa shape index (κ2) is 7.74. The topological polar surface area (TPSA) is 139 Å². The molecule has 3 atom stereocenters. The third-order valence-corrected chi connectivity index (χ3v) is 3.32. The Morgan fingerprint density at radius 2 is 2.05 bits per heavy atom. The van der Waals surface area contributed by atoms with Crippen LogP contribution in [0.2, 0.25) is 0 Å². The number of esters is 1. The summed E-state index contributed by atoms with van der Waals surface area (Å²) < 4.78 is 4.70. The van der Waals surface area contributed by atoms with Gasteiger partial charge in [0.05, 0.1) is 19.1 Å². The summed E-state index contributed by atoms with van der Waals surface area (Å²) in [7, 11) is 0. The monoisotopic (exact) mass is 315 g/mol. The van der Waals surface area contributed by atoms with Crippen molar-refractivity contribution in [2.45, 2.75) is 44.9 Å². The summed E-state index contributed by atoms with van der Waals surface area (Å²) in [6.45, 7) is 3.08. The maximum Gasteiger partial charge on any atom is 0.308 e. The number of likely N-dealkylation sites (tertiary alicyclic amines) is 1. The number of ether oxygens (including phenoxy) is 1. The number of nitrogens with one attached hydrogen (secondary N) is 1. The van der Waals surface area contributed by atoms with Crippen LogP contribution in [-0.4, -0.2) is 65.0 Å². The Kier molecular flexibility index (Phi) is 6.29. The largest absolute Gasteiger partial charge is 0.466 e. The first-order valence-corrected chi connectivity index (χ1v) is 6.96. The maximum absolute atomic E-state index is 12.2. The van der Waals surface area contributed by atoms with E-state index < -0.39 is 36.0 Å². The molecular formula is C13H21N3O6. The van der Waals surface area contributed by atoms with Crippen LogP contribution in [0.1, 0.15) is 26.7 Å². The Hall–Kier alpha value is -2.16. The van der Waals surface area contributed by atoms with Gasteiger partial charge in [0.15, 0.2) is 0 Å². The number of nitrogens with two attached hydrogens (primary N) is 1. The molecule has 0 aliphatic carbocycles. The number of rotatable bonds is 6. The van der Waals surface area contributed by atoms with Crippen LogP contribution in [0.5, 0.6) is 0 Å². The van der Waals surface area contributed by atoms with Crippen molar-refractivity contribution in [2.75, 3.05) is 13.2 Å². The first-order valence-electron chi connectivity index (χ1n) is 6.96. The van der Waals surface area contributed by atoms with Crippen molar-refractivity contribution in [1.82, 2.24) is 10.2 Å². The van der Waals surface area contributed by atoms with E-state index in [1.807, 2.05) is 0 Å². The van der Waals surface area contributed by atoms with Crippen LogP contribution in [0.3, 0.4) is 0 Å². The summed E-state index contributed by atoms with van der Waals surface area (Å²) in [5, 5.41) is 11.9. The Morgan fingerprint density at radius 3 is 2.55 bits per heavy atom. The van der Waals surface area contributed by atoms with E-state index in [0.29, 0.717) is 0 Å². The molecule has 1 aliphatic heterocycles. The lowest BCUT2D eigenvalue weighted by atomic mass is 10.1. The Labute approximate surface area is 127 Å². The highest BCUT2D eigenvalue weighted by Crippen LogP contribution is 2.18. The SMILES string of the molecule is CCOC(=O)C[C@H](NC(=O)[C@@H]1C[C@@H](O)CN1C(C)=O)C(N)=O. The summed E-state index contributed by atoms with van der Waals surface area (Å²) in [4.78, 5) is 47.6. The number of hydrogen-bond acceptors (Lipinski definition) is 6. The molecule has 0 radical (unpaired) electrons. The molecule has 1 heterocycles. The molecule has 1 fully saturated rings. The van der Waals surface area contributed by atoms with Crippen LogP contribution >= 0.6 is 0 Å². The lowest BCUT2D eigenvalue weighted by Gasteiger charge is -2.24. The number of hydrogen-bond donors (Lipinski definition) is 3. The van der Waals surface area contributed by atoms with E-state index in [2.05, 4.69) is 5.32 Å². The predicted octanol–water partition coefficient (Wildman–Crippen LogP) is -2.11. The van der Waals surface area contributed by atoms with Crippen molar-refractivity contribution in [3.05, 3.63) is 0 Å². The second-order valence-corrected chi connectivity index (χ2v) is 5.05. The first kappa shape index (κ1) is 17.9. The van der Waals surface area contributed by atoms with Crippen molar-refractivity contribution >= 4 is 23.7 Å². The number of amides is 3. The number of β-amino-alcohol motifs (C(OH)–C–C–N with tert-alkyl or cyclic N) is 1. The quantitative estimate of drug-likeness (QED) is 0.479. The van der Waals surface area contributed by atoms with E-state index in [4.69, 9.17) is 10.5 Å². The van der Waals surface area contributed by atoms with Crippen molar-refractivity contribution in [2.24, 2.45) is 5.73 Å². The van der Waals surface area contributed by atoms with Crippen LogP contribution < -0.4 is 11.1 Å². The van der Waals surface area contributed by atoms with Gasteiger partial charge in [0.25, 0.3) is 0 Å². The third kappa shape index (κ3) is 4.69. The van der Waals surface area contributed by atoms with Gasteiger partial charge in [-0.1, -0.05) is 0 Å². The van der Waals surface area contributed by atoms with Gasteiger partial charge in [0.2, 0.25) is 17.7 Å². The lowest BCUT2D eigenvalue weighted by molar-refractivity contribution is -0.146. The third-order valence-electron chi connectivity index (χ3n) is 3.32. The molecule has 0 aromatic carbocycles. The van der Waals surface area contributed by atoms with Gasteiger partial charge in [-0.15, -0.1) is 0 Å². The van der Waals surface area contributed by atoms with Crippen molar-refractivity contribution in [3.8, 4) is 0 Å². The van der Waals surface area contributed by atoms with E-state index in [-0.39, 0.29) is 31.9 Å². The van der Waals surface area contributed by atoms with Gasteiger partial charge in [-0.3, -0.25) is 19.2 Å². The Bertz CT molecular complexity index is 467. The zero-order valence-corrected chi connectivity index (χ0v) is 12.6. The van der Waals surface area contributed by atoms with Gasteiger partial charge < -0.3 is 25.8 Å². The standard InChI is InChI=1S/C13H21N3O6/c1-3-22-11(19)5-9(12(14)20)15-13(21)10-4-8(18)6-16(10)7(2)17/h8-10,18H,3-6H2,1-2H3,(H2,14,20)(H,15,21)/t8-,9+,10+/m1/s1. The zero-order chi connectivity index (χ0) is 16.9. The average Bonchev–Trinajstić information content (AvgIpc) is 2.80. The highest BCUT2D eigenvalue weighted by atomic mass is 16.5. The fourth-order valence-corrected chi connectivity index (χ4v) is 2.29. The average molecular weight is 315 g/mol. The highest BCUT2D eigenvalue weighted by molar-refractivity contribution is 5.93. The molecule has 3 amide bonds. The zero-order valence-electron chi connectivity index (χ0n) is 12.6. The van der Waals surface area contributed by atoms with Crippen LogP contribution in [-0.2, 0) is 23.9 Å². The molecule has 4 N–H and O–H groups in total. The molecule has 0 spiro atoms. The van der Waals surface area contributed by atoms with Gasteiger partial charge in [0, 0.05) is 19.9 Å². The molecule has 0 aromatic heterocycles. The van der Waals surface area contributed by atoms with Crippen molar-refractivity contribution < 1.29 is 29.0 Å². The number of carbonyl (C=O) groups excluding carboxylic acids is 4. The van der Waals surface area contributed by atoms with E-state index in [9.17, 15) is 24.3 Å². The summed E-state index contributed by atoms with van der Waals surface area (Å²) in [5.41, 5.74) is 5.16. The Morgan fingerprint density at radius 1 is 1.41 bits per heavy atom. The smallest absolute Gasteiger partial charge is 0.308 e. The predicted molar refractivity (Wildman–Crippen MR) is 74.2 cm³/mol. The molecule has 1 aliphatic rings. The van der Waals surface area contributed by atoms with E-state index in [1.54, 1.807) is 6.92 Å². The normalized spacial score (nSPS) is 22.0. The number of carbonyl (C=O) groups is 4. The lowest BCUT2D eigenvalue weighted by Crippen LogP contribution is -2.52. The number of aliphatic hydroxyl groups excluding tert-OH is 1. The van der Waals surface area contributed by atoms with Gasteiger partial charge in [0.1, 0.15) is 12.1 Å². The molecule has 22 heavy (non-hydrogen) atoms. The maximum atomic E-state index is 12.2. The summed E-state index contributed by atoms with van der Waals surface area (Å²) in [6, 6.07) is -2.12. The highest BCUT2D eigenvalue weighted by Gasteiger charge is 2.38. The molecule has 0 unspecified atom stereocenters. The summed E-state index contributed by atoms with van der Waals surface area (Å²) >= 11 is 0. The molecule has 9 heteroatoms.